The predicted molar refractivity (Wildman–Crippen MR) is 101 cm³/mol. The Hall–Kier alpha value is -2.35. The fourth-order valence-electron chi connectivity index (χ4n) is 3.18. The molecule has 0 aliphatic heterocycles. The highest BCUT2D eigenvalue weighted by Crippen LogP contribution is 2.24. The number of aryl methyl sites for hydroxylation is 2. The summed E-state index contributed by atoms with van der Waals surface area (Å²) >= 11 is 0. The molecule has 124 valence electrons. The lowest BCUT2D eigenvalue weighted by Gasteiger charge is -2.04. The van der Waals surface area contributed by atoms with E-state index in [-0.39, 0.29) is 5.78 Å². The Bertz CT molecular complexity index is 827. The molecule has 0 bridgehead atoms. The molecule has 2 aromatic carbocycles. The molecule has 2 nitrogen and oxygen atoms in total. The number of hydrogen-bond acceptors (Lipinski definition) is 1. The van der Waals surface area contributed by atoms with Gasteiger partial charge in [-0.25, -0.2) is 0 Å². The highest BCUT2D eigenvalue weighted by Gasteiger charge is 2.16. The van der Waals surface area contributed by atoms with Crippen LogP contribution in [0.15, 0.2) is 54.7 Å². The molecule has 1 aromatic heterocycles. The van der Waals surface area contributed by atoms with Gasteiger partial charge in [0.2, 0.25) is 0 Å². The third kappa shape index (κ3) is 3.43. The normalized spacial score (nSPS) is 11.1. The van der Waals surface area contributed by atoms with Gasteiger partial charge >= 0.3 is 0 Å². The van der Waals surface area contributed by atoms with Crippen molar-refractivity contribution in [3.05, 3.63) is 71.4 Å². The molecule has 0 amide bonds. The van der Waals surface area contributed by atoms with Crippen LogP contribution in [0, 0.1) is 6.92 Å². The van der Waals surface area contributed by atoms with E-state index in [0.29, 0.717) is 0 Å². The second-order valence-electron chi connectivity index (χ2n) is 6.51. The Labute approximate surface area is 144 Å². The number of rotatable bonds is 7. The van der Waals surface area contributed by atoms with Crippen LogP contribution in [-0.2, 0) is 6.54 Å². The van der Waals surface area contributed by atoms with Gasteiger partial charge in [-0.15, -0.1) is 0 Å². The molecule has 24 heavy (non-hydrogen) atoms. The molecule has 3 aromatic rings. The molecule has 1 heterocycles. The number of carbonyl (C=O) groups excluding carboxylic acids is 1. The third-order valence-corrected chi connectivity index (χ3v) is 4.60. The Morgan fingerprint density at radius 3 is 2.46 bits per heavy atom. The summed E-state index contributed by atoms with van der Waals surface area (Å²) in [4.78, 5) is 12.9. The van der Waals surface area contributed by atoms with Crippen molar-refractivity contribution in [3.8, 4) is 0 Å². The minimum absolute atomic E-state index is 0.110. The molecule has 0 atom stereocenters. The fraction of sp³-hybridized carbons (Fsp3) is 0.318. The van der Waals surface area contributed by atoms with Crippen LogP contribution in [0.3, 0.4) is 0 Å². The van der Waals surface area contributed by atoms with Gasteiger partial charge in [0.1, 0.15) is 0 Å². The van der Waals surface area contributed by atoms with Crippen molar-refractivity contribution in [1.29, 1.82) is 0 Å². The molecule has 0 radical (unpaired) electrons. The number of benzene rings is 2. The summed E-state index contributed by atoms with van der Waals surface area (Å²) < 4.78 is 2.24. The molecule has 0 aliphatic carbocycles. The van der Waals surface area contributed by atoms with E-state index in [1.807, 2.05) is 49.5 Å². The number of unbranched alkanes of at least 4 members (excludes halogenated alkanes) is 3. The molecule has 0 aliphatic rings. The van der Waals surface area contributed by atoms with E-state index in [4.69, 9.17) is 0 Å². The number of para-hydroxylation sites is 1. The largest absolute Gasteiger partial charge is 0.347 e. The van der Waals surface area contributed by atoms with Crippen LogP contribution in [0.4, 0.5) is 0 Å². The van der Waals surface area contributed by atoms with Gasteiger partial charge in [0.25, 0.3) is 0 Å². The maximum Gasteiger partial charge on any atom is 0.195 e. The number of nitrogens with zero attached hydrogens (tertiary/aromatic N) is 1. The first kappa shape index (κ1) is 16.5. The lowest BCUT2D eigenvalue weighted by molar-refractivity contribution is 0.104. The number of ketones is 1. The van der Waals surface area contributed by atoms with Crippen molar-refractivity contribution >= 4 is 16.7 Å². The zero-order valence-corrected chi connectivity index (χ0v) is 14.6. The average molecular weight is 319 g/mol. The van der Waals surface area contributed by atoms with Crippen molar-refractivity contribution in [3.63, 3.8) is 0 Å². The van der Waals surface area contributed by atoms with Crippen LogP contribution in [0.1, 0.15) is 54.1 Å². The van der Waals surface area contributed by atoms with E-state index in [9.17, 15) is 4.79 Å². The first-order chi connectivity index (χ1) is 11.7. The fourth-order valence-corrected chi connectivity index (χ4v) is 3.18. The van der Waals surface area contributed by atoms with Gasteiger partial charge in [0, 0.05) is 34.8 Å². The quantitative estimate of drug-likeness (QED) is 0.401. The van der Waals surface area contributed by atoms with Gasteiger partial charge in [-0.1, -0.05) is 74.2 Å². The predicted octanol–water partition coefficient (Wildman–Crippen LogP) is 5.76. The summed E-state index contributed by atoms with van der Waals surface area (Å²) in [7, 11) is 0. The Balaban J connectivity index is 1.93. The summed E-state index contributed by atoms with van der Waals surface area (Å²) in [5.74, 6) is 0.110. The van der Waals surface area contributed by atoms with Crippen LogP contribution in [-0.4, -0.2) is 10.4 Å². The molecular weight excluding hydrogens is 294 g/mol. The van der Waals surface area contributed by atoms with Gasteiger partial charge in [0.15, 0.2) is 5.78 Å². The Kier molecular flexibility index (Phi) is 5.14. The lowest BCUT2D eigenvalue weighted by Crippen LogP contribution is -2.01. The van der Waals surface area contributed by atoms with Crippen molar-refractivity contribution < 1.29 is 4.79 Å². The van der Waals surface area contributed by atoms with Crippen molar-refractivity contribution in [1.82, 2.24) is 4.57 Å². The molecule has 2 heteroatoms. The van der Waals surface area contributed by atoms with Gasteiger partial charge in [-0.3, -0.25) is 4.79 Å². The highest BCUT2D eigenvalue weighted by molar-refractivity contribution is 6.16. The first-order valence-electron chi connectivity index (χ1n) is 8.90. The van der Waals surface area contributed by atoms with Crippen molar-refractivity contribution in [2.24, 2.45) is 0 Å². The maximum atomic E-state index is 12.9. The monoisotopic (exact) mass is 319 g/mol. The van der Waals surface area contributed by atoms with Crippen LogP contribution >= 0.6 is 0 Å². The van der Waals surface area contributed by atoms with Crippen LogP contribution < -0.4 is 0 Å². The summed E-state index contributed by atoms with van der Waals surface area (Å²) in [6.45, 7) is 5.24. The minimum Gasteiger partial charge on any atom is -0.347 e. The SMILES string of the molecule is CCCCCCn1cc(C(=O)c2ccc(C)cc2)c2ccccc21. The van der Waals surface area contributed by atoms with E-state index < -0.39 is 0 Å². The average Bonchev–Trinajstić information content (AvgIpc) is 2.98. The summed E-state index contributed by atoms with van der Waals surface area (Å²) in [5, 5.41) is 1.05. The smallest absolute Gasteiger partial charge is 0.195 e. The molecule has 0 unspecified atom stereocenters. The van der Waals surface area contributed by atoms with Crippen LogP contribution in [0.2, 0.25) is 0 Å². The second kappa shape index (κ2) is 7.48. The molecular formula is C22H25NO. The van der Waals surface area contributed by atoms with Crippen LogP contribution in [0.5, 0.6) is 0 Å². The van der Waals surface area contributed by atoms with Gasteiger partial charge < -0.3 is 4.57 Å². The number of carbonyl (C=O) groups is 1. The standard InChI is InChI=1S/C22H25NO/c1-3-4-5-8-15-23-16-20(19-9-6-7-10-21(19)23)22(24)18-13-11-17(2)12-14-18/h6-7,9-14,16H,3-5,8,15H2,1-2H3. The van der Waals surface area contributed by atoms with E-state index in [1.54, 1.807) is 0 Å². The molecule has 0 fully saturated rings. The maximum absolute atomic E-state index is 12.9. The second-order valence-corrected chi connectivity index (χ2v) is 6.51. The lowest BCUT2D eigenvalue weighted by atomic mass is 10.0. The molecule has 0 spiro atoms. The number of hydrogen-bond donors (Lipinski definition) is 0. The number of fused-ring (bicyclic) bond motifs is 1. The Morgan fingerprint density at radius 1 is 0.958 bits per heavy atom. The van der Waals surface area contributed by atoms with Gasteiger partial charge in [0.05, 0.1) is 0 Å². The topological polar surface area (TPSA) is 22.0 Å². The molecule has 3 rings (SSSR count). The number of aromatic nitrogens is 1. The summed E-state index contributed by atoms with van der Waals surface area (Å²) in [5.41, 5.74) is 3.90. The first-order valence-corrected chi connectivity index (χ1v) is 8.90. The highest BCUT2D eigenvalue weighted by atomic mass is 16.1. The Morgan fingerprint density at radius 2 is 1.71 bits per heavy atom. The molecule has 0 saturated heterocycles. The third-order valence-electron chi connectivity index (χ3n) is 4.60. The molecule has 0 saturated carbocycles. The van der Waals surface area contributed by atoms with Crippen molar-refractivity contribution in [2.75, 3.05) is 0 Å². The van der Waals surface area contributed by atoms with Crippen molar-refractivity contribution in [2.45, 2.75) is 46.1 Å². The zero-order chi connectivity index (χ0) is 16.9. The zero-order valence-electron chi connectivity index (χ0n) is 14.6. The van der Waals surface area contributed by atoms with Gasteiger partial charge in [-0.05, 0) is 19.4 Å². The molecule has 0 N–H and O–H groups in total. The van der Waals surface area contributed by atoms with Gasteiger partial charge in [-0.2, -0.15) is 0 Å². The van der Waals surface area contributed by atoms with E-state index in [2.05, 4.69) is 23.6 Å². The van der Waals surface area contributed by atoms with E-state index >= 15 is 0 Å². The minimum atomic E-state index is 0.110. The summed E-state index contributed by atoms with van der Waals surface area (Å²) in [6.07, 6.45) is 6.95. The van der Waals surface area contributed by atoms with Crippen LogP contribution in [0.25, 0.3) is 10.9 Å². The van der Waals surface area contributed by atoms with E-state index in [1.165, 1.54) is 24.8 Å². The summed E-state index contributed by atoms with van der Waals surface area (Å²) in [6, 6.07) is 16.1. The van der Waals surface area contributed by atoms with E-state index in [0.717, 1.165) is 35.0 Å².